The van der Waals surface area contributed by atoms with E-state index in [0.29, 0.717) is 12.5 Å². The molecule has 185 valence electrons. The highest BCUT2D eigenvalue weighted by molar-refractivity contribution is 7.31. The molecule has 1 aliphatic carbocycles. The lowest BCUT2D eigenvalue weighted by Gasteiger charge is -2.18. The Morgan fingerprint density at radius 3 is 1.95 bits per heavy atom. The largest absolute Gasteiger partial charge is 0.399 e. The first kappa shape index (κ1) is 24.3. The fraction of sp³-hybridized carbons (Fsp3) is 0.188. The zero-order valence-corrected chi connectivity index (χ0v) is 21.9. The van der Waals surface area contributed by atoms with Crippen LogP contribution in [-0.4, -0.2) is 18.9 Å². The highest BCUT2D eigenvalue weighted by Gasteiger charge is 2.20. The van der Waals surface area contributed by atoms with Crippen molar-refractivity contribution in [1.82, 2.24) is 0 Å². The van der Waals surface area contributed by atoms with E-state index in [1.807, 2.05) is 31.2 Å². The molecule has 0 aliphatic heterocycles. The first-order valence-corrected chi connectivity index (χ1v) is 13.9. The second-order valence-corrected chi connectivity index (χ2v) is 10.5. The third-order valence-electron chi connectivity index (χ3n) is 7.13. The van der Waals surface area contributed by atoms with Crippen LogP contribution in [0.3, 0.4) is 0 Å². The van der Waals surface area contributed by atoms with Gasteiger partial charge in [-0.25, -0.2) is 0 Å². The molecule has 0 spiro atoms. The van der Waals surface area contributed by atoms with Gasteiger partial charge >= 0.3 is 8.24 Å². The van der Waals surface area contributed by atoms with E-state index in [9.17, 15) is 0 Å². The lowest BCUT2D eigenvalue weighted by atomic mass is 9.99. The van der Waals surface area contributed by atoms with Crippen LogP contribution >= 0.6 is 8.24 Å². The van der Waals surface area contributed by atoms with Gasteiger partial charge in [0.1, 0.15) is 11.2 Å². The summed E-state index contributed by atoms with van der Waals surface area (Å²) in [5.41, 5.74) is 1.56. The highest BCUT2D eigenvalue weighted by Crippen LogP contribution is 2.40. The first-order valence-electron chi connectivity index (χ1n) is 12.8. The number of hydrogen-bond donors (Lipinski definition) is 0. The van der Waals surface area contributed by atoms with Gasteiger partial charge in [0.25, 0.3) is 0 Å². The molecule has 0 amide bonds. The minimum Gasteiger partial charge on any atom is -0.399 e. The van der Waals surface area contributed by atoms with Crippen LogP contribution in [0.25, 0.3) is 43.5 Å². The van der Waals surface area contributed by atoms with Gasteiger partial charge in [-0.3, -0.25) is 9.52 Å². The number of fused-ring (bicyclic) bond motifs is 7. The number of nitrogens with zero attached hydrogens (tertiary/aromatic N) is 1. The smallest absolute Gasteiger partial charge is 0.387 e. The third-order valence-corrected chi connectivity index (χ3v) is 8.18. The molecule has 1 heterocycles. The summed E-state index contributed by atoms with van der Waals surface area (Å²) in [4.78, 5) is 4.86. The van der Waals surface area contributed by atoms with Gasteiger partial charge in [0.2, 0.25) is 0 Å². The van der Waals surface area contributed by atoms with E-state index in [1.54, 1.807) is 0 Å². The lowest BCUT2D eigenvalue weighted by Crippen LogP contribution is -2.23. The fourth-order valence-electron chi connectivity index (χ4n) is 4.82. The van der Waals surface area contributed by atoms with E-state index in [-0.39, 0.29) is 6.04 Å². The quantitative estimate of drug-likeness (QED) is 0.207. The summed E-state index contributed by atoms with van der Waals surface area (Å²) in [6, 6.07) is 25.1. The second kappa shape index (κ2) is 10.7. The minimum atomic E-state index is -1.67. The molecule has 5 radical (unpaired) electrons. The van der Waals surface area contributed by atoms with Crippen molar-refractivity contribution in [2.24, 2.45) is 10.9 Å². The molecule has 5 aromatic rings. The number of rotatable bonds is 7. The van der Waals surface area contributed by atoms with E-state index < -0.39 is 8.24 Å². The van der Waals surface area contributed by atoms with Gasteiger partial charge in [0, 0.05) is 22.9 Å². The van der Waals surface area contributed by atoms with Crippen molar-refractivity contribution in [2.75, 3.05) is 6.61 Å². The molecule has 0 bridgehead atoms. The Kier molecular flexibility index (Phi) is 7.04. The van der Waals surface area contributed by atoms with Gasteiger partial charge in [-0.15, -0.1) is 0 Å². The average Bonchev–Trinajstić information content (AvgIpc) is 3.40. The van der Waals surface area contributed by atoms with E-state index in [1.165, 1.54) is 0 Å². The summed E-state index contributed by atoms with van der Waals surface area (Å²) >= 11 is 0. The topological polar surface area (TPSA) is 47.9 Å². The Labute approximate surface area is 219 Å². The van der Waals surface area contributed by atoms with Gasteiger partial charge in [-0.2, -0.15) is 0 Å². The molecule has 37 heavy (non-hydrogen) atoms. The van der Waals surface area contributed by atoms with Gasteiger partial charge in [0.15, 0.2) is 0 Å². The standard InChI is InChI=1S/C32H29NO3P/c1-3-22(2)28(33-20-23-10-4-5-11-23)21-34-37-35-29-18-16-24-12-6-8-14-26(24)31(29)32-27-15-9-7-13-25(27)17-19-30(32)36-37/h4-20,22,28H,3,21H2,1-2H3/t22-,28+/m0/s1. The first-order chi connectivity index (χ1) is 18.2. The molecule has 6 rings (SSSR count). The Hall–Kier alpha value is -3.07. The van der Waals surface area contributed by atoms with Gasteiger partial charge in [0.05, 0.1) is 12.6 Å². The molecule has 0 saturated heterocycles. The normalized spacial score (nSPS) is 16.4. The lowest BCUT2D eigenvalue weighted by molar-refractivity contribution is 0.294. The molecule has 1 aliphatic rings. The predicted octanol–water partition coefficient (Wildman–Crippen LogP) is 8.92. The second-order valence-electron chi connectivity index (χ2n) is 9.47. The van der Waals surface area contributed by atoms with Crippen LogP contribution in [-0.2, 0) is 0 Å². The van der Waals surface area contributed by atoms with Crippen molar-refractivity contribution in [3.8, 4) is 0 Å². The number of benzene rings is 4. The zero-order chi connectivity index (χ0) is 25.2. The van der Waals surface area contributed by atoms with Crippen LogP contribution in [0.1, 0.15) is 20.3 Å². The molecule has 4 nitrogen and oxygen atoms in total. The van der Waals surface area contributed by atoms with Crippen molar-refractivity contribution in [1.29, 1.82) is 0 Å². The Balaban J connectivity index is 1.48. The molecule has 4 aromatic carbocycles. The summed E-state index contributed by atoms with van der Waals surface area (Å²) in [7, 11) is -1.67. The molecule has 2 atom stereocenters. The van der Waals surface area contributed by atoms with Crippen LogP contribution in [0.4, 0.5) is 0 Å². The van der Waals surface area contributed by atoms with Crippen LogP contribution in [0.5, 0.6) is 0 Å². The van der Waals surface area contributed by atoms with E-state index in [0.717, 1.165) is 55.8 Å². The maximum absolute atomic E-state index is 6.48. The molecule has 0 N–H and O–H groups in total. The maximum atomic E-state index is 6.48. The predicted molar refractivity (Wildman–Crippen MR) is 155 cm³/mol. The van der Waals surface area contributed by atoms with Gasteiger partial charge < -0.3 is 8.39 Å². The highest BCUT2D eigenvalue weighted by atomic mass is 31.1. The summed E-state index contributed by atoms with van der Waals surface area (Å²) in [5, 5.41) is 6.69. The summed E-state index contributed by atoms with van der Waals surface area (Å²) in [6.07, 6.45) is 11.1. The summed E-state index contributed by atoms with van der Waals surface area (Å²) in [6.45, 7) is 4.81. The average molecular weight is 507 g/mol. The number of aliphatic imine (C=N–C) groups is 1. The van der Waals surface area contributed by atoms with Crippen LogP contribution in [0.2, 0.25) is 0 Å². The van der Waals surface area contributed by atoms with E-state index in [4.69, 9.17) is 17.9 Å². The van der Waals surface area contributed by atoms with Crippen molar-refractivity contribution in [3.63, 3.8) is 0 Å². The Morgan fingerprint density at radius 1 is 0.811 bits per heavy atom. The molecule has 0 unspecified atom stereocenters. The van der Waals surface area contributed by atoms with Crippen LogP contribution in [0.15, 0.2) is 86.2 Å². The molecule has 1 saturated carbocycles. The van der Waals surface area contributed by atoms with Crippen molar-refractivity contribution < 1.29 is 12.9 Å². The van der Waals surface area contributed by atoms with Crippen molar-refractivity contribution in [2.45, 2.75) is 26.3 Å². The third kappa shape index (κ3) is 4.93. The Morgan fingerprint density at radius 2 is 1.38 bits per heavy atom. The summed E-state index contributed by atoms with van der Waals surface area (Å²) in [5.74, 6) is 1.46. The van der Waals surface area contributed by atoms with E-state index >= 15 is 0 Å². The molecule has 1 aromatic heterocycles. The maximum Gasteiger partial charge on any atom is 0.387 e. The molecule has 5 heteroatoms. The fourth-order valence-corrected chi connectivity index (χ4v) is 5.87. The van der Waals surface area contributed by atoms with Crippen molar-refractivity contribution >= 4 is 57.9 Å². The van der Waals surface area contributed by atoms with Crippen LogP contribution < -0.4 is 4.52 Å². The molecular formula is C32H29NO3P. The number of hydrogen-bond acceptors (Lipinski definition) is 4. The van der Waals surface area contributed by atoms with Gasteiger partial charge in [-0.05, 0) is 65.3 Å². The van der Waals surface area contributed by atoms with Crippen molar-refractivity contribution in [3.05, 3.63) is 104 Å². The minimum absolute atomic E-state index is 0.00463. The molecular weight excluding hydrogens is 477 g/mol. The monoisotopic (exact) mass is 506 g/mol. The summed E-state index contributed by atoms with van der Waals surface area (Å²) < 4.78 is 19.3. The SMILES string of the molecule is CC[C@H](C)[C@@H](COp1oc2ccc3ccccc3c2c2c(ccc3ccccc32)o1)N=C[C]1[CH][CH][CH][CH]1. The van der Waals surface area contributed by atoms with Gasteiger partial charge in [-0.1, -0.05) is 80.9 Å². The Bertz CT molecular complexity index is 1520. The van der Waals surface area contributed by atoms with Crippen LogP contribution in [0, 0.1) is 37.5 Å². The van der Waals surface area contributed by atoms with E-state index in [2.05, 4.69) is 87.4 Å². The zero-order valence-electron chi connectivity index (χ0n) is 21.0. The molecule has 1 fully saturated rings.